The van der Waals surface area contributed by atoms with Gasteiger partial charge in [-0.15, -0.1) is 0 Å². The molecule has 8 heteroatoms. The second kappa shape index (κ2) is 11.6. The van der Waals surface area contributed by atoms with E-state index >= 15 is 0 Å². The first-order chi connectivity index (χ1) is 16.6. The molecule has 3 aliphatic rings. The molecule has 0 N–H and O–H groups in total. The van der Waals surface area contributed by atoms with Crippen LogP contribution in [0.1, 0.15) is 22.8 Å². The number of hydrogen-bond acceptors (Lipinski definition) is 8. The van der Waals surface area contributed by atoms with Crippen LogP contribution in [0.2, 0.25) is 0 Å². The van der Waals surface area contributed by atoms with E-state index in [4.69, 9.17) is 14.2 Å². The van der Waals surface area contributed by atoms with Crippen LogP contribution in [-0.2, 0) is 19.0 Å². The van der Waals surface area contributed by atoms with Crippen LogP contribution in [0.25, 0.3) is 6.08 Å². The number of benzene rings is 2. The summed E-state index contributed by atoms with van der Waals surface area (Å²) in [6.45, 7) is 8.47. The number of morpholine rings is 2. The van der Waals surface area contributed by atoms with Crippen LogP contribution in [0.3, 0.4) is 0 Å². The van der Waals surface area contributed by atoms with Gasteiger partial charge >= 0.3 is 5.97 Å². The molecule has 8 nitrogen and oxygen atoms in total. The Kier molecular flexibility index (Phi) is 8.06. The topological polar surface area (TPSA) is 80.7 Å². The first kappa shape index (κ1) is 23.7. The molecule has 2 fully saturated rings. The molecule has 3 aliphatic heterocycles. The molecule has 0 amide bonds. The van der Waals surface area contributed by atoms with Gasteiger partial charge in [-0.1, -0.05) is 12.1 Å². The molecule has 0 bridgehead atoms. The van der Waals surface area contributed by atoms with E-state index in [1.165, 1.54) is 11.4 Å². The number of hydrogen-bond donors (Lipinski definition) is 0. The Hall–Kier alpha value is -3.49. The number of carbonyl (C=O) groups excluding carboxylic acids is 2. The van der Waals surface area contributed by atoms with Gasteiger partial charge in [0.2, 0.25) is 0 Å². The minimum Gasteiger partial charge on any atom is -0.407 e. The van der Waals surface area contributed by atoms with Crippen molar-refractivity contribution in [2.24, 2.45) is 4.99 Å². The average molecular weight is 464 g/mol. The number of aldehydes is 1. The van der Waals surface area contributed by atoms with E-state index in [-0.39, 0.29) is 5.97 Å². The summed E-state index contributed by atoms with van der Waals surface area (Å²) in [6, 6.07) is 15.7. The zero-order valence-corrected chi connectivity index (χ0v) is 19.3. The van der Waals surface area contributed by atoms with Gasteiger partial charge in [0.1, 0.15) is 6.29 Å². The lowest BCUT2D eigenvalue weighted by atomic mass is 10.1. The van der Waals surface area contributed by atoms with E-state index in [1.54, 1.807) is 13.0 Å². The van der Waals surface area contributed by atoms with Gasteiger partial charge in [-0.3, -0.25) is 4.79 Å². The molecule has 5 rings (SSSR count). The van der Waals surface area contributed by atoms with Gasteiger partial charge in [-0.2, -0.15) is 0 Å². The Morgan fingerprint density at radius 2 is 1.24 bits per heavy atom. The zero-order valence-electron chi connectivity index (χ0n) is 19.3. The molecule has 0 atom stereocenters. The van der Waals surface area contributed by atoms with Gasteiger partial charge in [-0.25, -0.2) is 9.79 Å². The molecule has 34 heavy (non-hydrogen) atoms. The summed E-state index contributed by atoms with van der Waals surface area (Å²) in [5.74, 6) is 0.00550. The van der Waals surface area contributed by atoms with Gasteiger partial charge in [0.05, 0.1) is 26.4 Å². The van der Waals surface area contributed by atoms with Crippen molar-refractivity contribution < 1.29 is 23.8 Å². The first-order valence-electron chi connectivity index (χ1n) is 11.4. The summed E-state index contributed by atoms with van der Waals surface area (Å²) < 4.78 is 15.5. The van der Waals surface area contributed by atoms with Gasteiger partial charge in [-0.05, 0) is 48.0 Å². The summed E-state index contributed by atoms with van der Waals surface area (Å²) in [6.07, 6.45) is 2.60. The molecular formula is C26H29N3O5. The van der Waals surface area contributed by atoms with Gasteiger partial charge in [0, 0.05) is 50.0 Å². The maximum absolute atomic E-state index is 11.5. The highest BCUT2D eigenvalue weighted by molar-refractivity contribution is 6.06. The number of esters is 1. The van der Waals surface area contributed by atoms with Crippen LogP contribution in [-0.4, -0.2) is 70.8 Å². The lowest BCUT2D eigenvalue weighted by Crippen LogP contribution is -2.36. The SMILES string of the molecule is CC1=N/C(=C\c2ccc(N3CCOCC3)cc2)C(=O)O1.O=Cc1ccc(N2CCOCC2)cc1. The van der Waals surface area contributed by atoms with Crippen LogP contribution in [0, 0.1) is 0 Å². The van der Waals surface area contributed by atoms with Crippen molar-refractivity contribution in [3.8, 4) is 0 Å². The zero-order chi connectivity index (χ0) is 23.8. The van der Waals surface area contributed by atoms with Crippen molar-refractivity contribution in [1.29, 1.82) is 0 Å². The Balaban J connectivity index is 0.000000172. The predicted octanol–water partition coefficient (Wildman–Crippen LogP) is 3.18. The molecule has 0 spiro atoms. The van der Waals surface area contributed by atoms with Crippen molar-refractivity contribution in [1.82, 2.24) is 0 Å². The second-order valence-electron chi connectivity index (χ2n) is 8.05. The van der Waals surface area contributed by atoms with E-state index in [9.17, 15) is 9.59 Å². The Morgan fingerprint density at radius 1 is 0.765 bits per heavy atom. The van der Waals surface area contributed by atoms with Crippen molar-refractivity contribution >= 4 is 35.6 Å². The van der Waals surface area contributed by atoms with Crippen molar-refractivity contribution in [2.75, 3.05) is 62.4 Å². The Morgan fingerprint density at radius 3 is 1.65 bits per heavy atom. The number of carbonyl (C=O) groups is 2. The highest BCUT2D eigenvalue weighted by Gasteiger charge is 2.19. The number of nitrogens with zero attached hydrogens (tertiary/aromatic N) is 3. The molecule has 2 aromatic rings. The highest BCUT2D eigenvalue weighted by atomic mass is 16.6. The third-order valence-corrected chi connectivity index (χ3v) is 5.71. The number of aliphatic imine (C=N–C) groups is 1. The number of cyclic esters (lactones) is 1. The fourth-order valence-corrected chi connectivity index (χ4v) is 3.86. The van der Waals surface area contributed by atoms with Crippen molar-refractivity contribution in [3.63, 3.8) is 0 Å². The predicted molar refractivity (Wildman–Crippen MR) is 132 cm³/mol. The summed E-state index contributed by atoms with van der Waals surface area (Å²) in [7, 11) is 0. The molecule has 2 saturated heterocycles. The van der Waals surface area contributed by atoms with Gasteiger partial charge in [0.15, 0.2) is 11.6 Å². The third-order valence-electron chi connectivity index (χ3n) is 5.71. The molecule has 0 saturated carbocycles. The van der Waals surface area contributed by atoms with E-state index in [1.807, 2.05) is 36.4 Å². The molecular weight excluding hydrogens is 434 g/mol. The lowest BCUT2D eigenvalue weighted by molar-refractivity contribution is -0.130. The molecule has 178 valence electrons. The van der Waals surface area contributed by atoms with E-state index in [2.05, 4.69) is 26.9 Å². The number of anilines is 2. The monoisotopic (exact) mass is 463 g/mol. The molecule has 0 aromatic heterocycles. The number of rotatable bonds is 4. The maximum atomic E-state index is 11.5. The van der Waals surface area contributed by atoms with Crippen LogP contribution in [0.4, 0.5) is 11.4 Å². The van der Waals surface area contributed by atoms with Crippen LogP contribution < -0.4 is 9.80 Å². The second-order valence-corrected chi connectivity index (χ2v) is 8.05. The molecule has 2 aromatic carbocycles. The number of ether oxygens (including phenoxy) is 3. The minimum absolute atomic E-state index is 0.349. The Labute approximate surface area is 199 Å². The van der Waals surface area contributed by atoms with Gasteiger partial charge < -0.3 is 24.0 Å². The van der Waals surface area contributed by atoms with Crippen LogP contribution >= 0.6 is 0 Å². The fourth-order valence-electron chi connectivity index (χ4n) is 3.86. The summed E-state index contributed by atoms with van der Waals surface area (Å²) in [5, 5.41) is 0. The molecule has 0 aliphatic carbocycles. The first-order valence-corrected chi connectivity index (χ1v) is 11.4. The standard InChI is InChI=1S/C15H16N2O3.C11H13NO2/c1-11-16-14(15(18)20-11)10-12-2-4-13(5-3-12)17-6-8-19-9-7-17;13-9-10-1-3-11(4-2-10)12-5-7-14-8-6-12/h2-5,10H,6-9H2,1H3;1-4,9H,5-8H2/b14-10-;. The Bertz CT molecular complexity index is 1040. The largest absolute Gasteiger partial charge is 0.407 e. The summed E-state index contributed by atoms with van der Waals surface area (Å²) in [5.41, 5.74) is 4.35. The lowest BCUT2D eigenvalue weighted by Gasteiger charge is -2.28. The van der Waals surface area contributed by atoms with E-state index in [0.717, 1.165) is 70.0 Å². The summed E-state index contributed by atoms with van der Waals surface area (Å²) in [4.78, 5) is 30.5. The smallest absolute Gasteiger partial charge is 0.363 e. The molecule has 0 unspecified atom stereocenters. The van der Waals surface area contributed by atoms with E-state index < -0.39 is 0 Å². The van der Waals surface area contributed by atoms with Gasteiger partial charge in [0.25, 0.3) is 0 Å². The molecule has 0 radical (unpaired) electrons. The quantitative estimate of drug-likeness (QED) is 0.391. The normalized spacial score (nSPS) is 19.3. The van der Waals surface area contributed by atoms with Crippen LogP contribution in [0.5, 0.6) is 0 Å². The van der Waals surface area contributed by atoms with Crippen molar-refractivity contribution in [2.45, 2.75) is 6.92 Å². The molecule has 3 heterocycles. The van der Waals surface area contributed by atoms with Crippen molar-refractivity contribution in [3.05, 3.63) is 65.4 Å². The maximum Gasteiger partial charge on any atom is 0.363 e. The van der Waals surface area contributed by atoms with E-state index in [0.29, 0.717) is 11.6 Å². The minimum atomic E-state index is -0.389. The fraction of sp³-hybridized carbons (Fsp3) is 0.346. The average Bonchev–Trinajstić information content (AvgIpc) is 3.22. The third kappa shape index (κ3) is 6.30. The summed E-state index contributed by atoms with van der Waals surface area (Å²) >= 11 is 0. The highest BCUT2D eigenvalue weighted by Crippen LogP contribution is 2.20. The van der Waals surface area contributed by atoms with Crippen LogP contribution in [0.15, 0.2) is 59.2 Å².